The Morgan fingerprint density at radius 2 is 2.18 bits per heavy atom. The van der Waals surface area contributed by atoms with Crippen LogP contribution in [0, 0.1) is 0 Å². The molecular weight excluding hydrogens is 256 g/mol. The largest absolute Gasteiger partial charge is 0.481 e. The van der Waals surface area contributed by atoms with Gasteiger partial charge in [-0.25, -0.2) is 13.8 Å². The van der Waals surface area contributed by atoms with Crippen LogP contribution in [0.3, 0.4) is 0 Å². The van der Waals surface area contributed by atoms with Crippen molar-refractivity contribution in [1.29, 1.82) is 0 Å². The van der Waals surface area contributed by atoms with Gasteiger partial charge in [0.05, 0.1) is 31.4 Å². The van der Waals surface area contributed by atoms with E-state index in [-0.39, 0.29) is 23.0 Å². The highest BCUT2D eigenvalue weighted by Crippen LogP contribution is 2.32. The monoisotopic (exact) mass is 265 g/mol. The fraction of sp³-hybridized carbons (Fsp3) is 0.400. The molecule has 4 nitrogen and oxygen atoms in total. The molecule has 0 aliphatic rings. The molecule has 0 amide bonds. The van der Waals surface area contributed by atoms with Gasteiger partial charge in [-0.2, -0.15) is 0 Å². The van der Waals surface area contributed by atoms with Crippen LogP contribution in [-0.2, 0) is 16.0 Å². The highest BCUT2D eigenvalue weighted by molar-refractivity contribution is 6.32. The molecular formula is C10H10ClF2NO3. The standard InChI is InChI=1S/C10H10ClF2NO3/c1-16-7-3-5(10(12)13)9(11)6(14-7)4-8(15)17-2/h3,10H,4H2,1-2H3. The van der Waals surface area contributed by atoms with Crippen LogP contribution < -0.4 is 4.74 Å². The van der Waals surface area contributed by atoms with Gasteiger partial charge in [-0.15, -0.1) is 0 Å². The number of carbonyl (C=O) groups is 1. The summed E-state index contributed by atoms with van der Waals surface area (Å²) in [7, 11) is 2.47. The minimum atomic E-state index is -2.77. The second kappa shape index (κ2) is 5.77. The number of pyridine rings is 1. The fourth-order valence-corrected chi connectivity index (χ4v) is 1.41. The third kappa shape index (κ3) is 3.26. The molecule has 0 aliphatic carbocycles. The molecule has 1 aromatic heterocycles. The zero-order valence-corrected chi connectivity index (χ0v) is 9.92. The van der Waals surface area contributed by atoms with Crippen LogP contribution in [-0.4, -0.2) is 25.2 Å². The van der Waals surface area contributed by atoms with Gasteiger partial charge in [-0.1, -0.05) is 11.6 Å². The lowest BCUT2D eigenvalue weighted by Gasteiger charge is -2.10. The molecule has 0 saturated heterocycles. The Bertz CT molecular complexity index is 426. The predicted molar refractivity (Wildman–Crippen MR) is 56.5 cm³/mol. The lowest BCUT2D eigenvalue weighted by atomic mass is 10.2. The van der Waals surface area contributed by atoms with E-state index >= 15 is 0 Å². The average Bonchev–Trinajstić information content (AvgIpc) is 2.31. The summed E-state index contributed by atoms with van der Waals surface area (Å²) >= 11 is 5.73. The van der Waals surface area contributed by atoms with Gasteiger partial charge in [0.2, 0.25) is 5.88 Å². The molecule has 0 radical (unpaired) electrons. The summed E-state index contributed by atoms with van der Waals surface area (Å²) in [5.41, 5.74) is -0.411. The molecule has 7 heteroatoms. The molecule has 1 aromatic rings. The van der Waals surface area contributed by atoms with Crippen LogP contribution in [0.1, 0.15) is 17.7 Å². The first-order valence-corrected chi connectivity index (χ1v) is 4.95. The summed E-state index contributed by atoms with van der Waals surface area (Å²) in [4.78, 5) is 14.9. The van der Waals surface area contributed by atoms with Crippen molar-refractivity contribution in [1.82, 2.24) is 4.98 Å². The molecule has 0 N–H and O–H groups in total. The van der Waals surface area contributed by atoms with E-state index in [4.69, 9.17) is 16.3 Å². The number of nitrogens with zero attached hydrogens (tertiary/aromatic N) is 1. The number of halogens is 3. The summed E-state index contributed by atoms with van der Waals surface area (Å²) in [6.45, 7) is 0. The molecule has 0 spiro atoms. The zero-order valence-electron chi connectivity index (χ0n) is 9.17. The SMILES string of the molecule is COC(=O)Cc1nc(OC)cc(C(F)F)c1Cl. The van der Waals surface area contributed by atoms with Crippen molar-refractivity contribution >= 4 is 17.6 Å². The molecule has 0 atom stereocenters. The predicted octanol–water partition coefficient (Wildman–Crippen LogP) is 2.40. The van der Waals surface area contributed by atoms with Crippen molar-refractivity contribution < 1.29 is 23.0 Å². The van der Waals surface area contributed by atoms with E-state index in [0.29, 0.717) is 0 Å². The Hall–Kier alpha value is -1.43. The van der Waals surface area contributed by atoms with Gasteiger partial charge in [0.25, 0.3) is 6.43 Å². The molecule has 0 saturated carbocycles. The number of carbonyl (C=O) groups excluding carboxylic acids is 1. The van der Waals surface area contributed by atoms with E-state index < -0.39 is 18.0 Å². The number of methoxy groups -OCH3 is 2. The van der Waals surface area contributed by atoms with Crippen molar-refractivity contribution in [2.24, 2.45) is 0 Å². The van der Waals surface area contributed by atoms with Gasteiger partial charge >= 0.3 is 5.97 Å². The number of ether oxygens (including phenoxy) is 2. The van der Waals surface area contributed by atoms with Gasteiger partial charge in [-0.3, -0.25) is 4.79 Å². The van der Waals surface area contributed by atoms with E-state index in [1.54, 1.807) is 0 Å². The summed E-state index contributed by atoms with van der Waals surface area (Å²) < 4.78 is 34.5. The zero-order chi connectivity index (χ0) is 13.0. The number of alkyl halides is 2. The van der Waals surface area contributed by atoms with Gasteiger partial charge in [0.1, 0.15) is 0 Å². The van der Waals surface area contributed by atoms with E-state index in [2.05, 4.69) is 9.72 Å². The van der Waals surface area contributed by atoms with E-state index in [0.717, 1.165) is 6.07 Å². The minimum absolute atomic E-state index is 0.00756. The Balaban J connectivity index is 3.19. The highest BCUT2D eigenvalue weighted by Gasteiger charge is 2.20. The Morgan fingerprint density at radius 3 is 2.65 bits per heavy atom. The Kier molecular flexibility index (Phi) is 4.62. The molecule has 0 fully saturated rings. The maximum Gasteiger partial charge on any atom is 0.311 e. The third-order valence-corrected chi connectivity index (χ3v) is 2.45. The van der Waals surface area contributed by atoms with Gasteiger partial charge in [0.15, 0.2) is 0 Å². The van der Waals surface area contributed by atoms with Crippen LogP contribution >= 0.6 is 11.6 Å². The lowest BCUT2D eigenvalue weighted by Crippen LogP contribution is -2.08. The molecule has 17 heavy (non-hydrogen) atoms. The second-order valence-corrected chi connectivity index (χ2v) is 3.45. The van der Waals surface area contributed by atoms with E-state index in [1.165, 1.54) is 14.2 Å². The number of rotatable bonds is 4. The van der Waals surface area contributed by atoms with Crippen LogP contribution in [0.4, 0.5) is 8.78 Å². The molecule has 0 unspecified atom stereocenters. The first kappa shape index (κ1) is 13.6. The maximum absolute atomic E-state index is 12.7. The Morgan fingerprint density at radius 1 is 1.53 bits per heavy atom. The smallest absolute Gasteiger partial charge is 0.311 e. The van der Waals surface area contributed by atoms with Gasteiger partial charge < -0.3 is 9.47 Å². The minimum Gasteiger partial charge on any atom is -0.481 e. The van der Waals surface area contributed by atoms with Crippen molar-refractivity contribution in [3.8, 4) is 5.88 Å². The fourth-order valence-electron chi connectivity index (χ4n) is 1.17. The van der Waals surface area contributed by atoms with Crippen LogP contribution in [0.2, 0.25) is 5.02 Å². The lowest BCUT2D eigenvalue weighted by molar-refractivity contribution is -0.139. The first-order valence-electron chi connectivity index (χ1n) is 4.57. The molecule has 1 rings (SSSR count). The third-order valence-electron chi connectivity index (χ3n) is 2.01. The second-order valence-electron chi connectivity index (χ2n) is 3.07. The summed E-state index contributed by atoms with van der Waals surface area (Å²) in [5.74, 6) is -0.642. The molecule has 0 aliphatic heterocycles. The van der Waals surface area contributed by atoms with Crippen molar-refractivity contribution in [2.75, 3.05) is 14.2 Å². The molecule has 94 valence electrons. The maximum atomic E-state index is 12.7. The van der Waals surface area contributed by atoms with Crippen molar-refractivity contribution in [3.63, 3.8) is 0 Å². The summed E-state index contributed by atoms with van der Waals surface area (Å²) in [6.07, 6.45) is -3.05. The first-order chi connectivity index (χ1) is 7.99. The number of hydrogen-bond acceptors (Lipinski definition) is 4. The topological polar surface area (TPSA) is 48.4 Å². The molecule has 0 aromatic carbocycles. The molecule has 0 bridgehead atoms. The van der Waals surface area contributed by atoms with E-state index in [9.17, 15) is 13.6 Å². The number of esters is 1. The average molecular weight is 266 g/mol. The summed E-state index contributed by atoms with van der Waals surface area (Å²) in [6, 6.07) is 1.04. The molecule has 1 heterocycles. The number of aromatic nitrogens is 1. The highest BCUT2D eigenvalue weighted by atomic mass is 35.5. The van der Waals surface area contributed by atoms with Crippen LogP contribution in [0.5, 0.6) is 5.88 Å². The van der Waals surface area contributed by atoms with Gasteiger partial charge in [-0.05, 0) is 0 Å². The Labute approximate surface area is 101 Å². The number of hydrogen-bond donors (Lipinski definition) is 0. The van der Waals surface area contributed by atoms with Gasteiger partial charge in [0, 0.05) is 11.6 Å². The van der Waals surface area contributed by atoms with Crippen LogP contribution in [0.15, 0.2) is 6.07 Å². The quantitative estimate of drug-likeness (QED) is 0.785. The van der Waals surface area contributed by atoms with Crippen molar-refractivity contribution in [2.45, 2.75) is 12.8 Å². The van der Waals surface area contributed by atoms with Crippen LogP contribution in [0.25, 0.3) is 0 Å². The van der Waals surface area contributed by atoms with Crippen molar-refractivity contribution in [3.05, 3.63) is 22.3 Å². The normalized spacial score (nSPS) is 10.5. The summed E-state index contributed by atoms with van der Waals surface area (Å²) in [5, 5.41) is -0.244. The van der Waals surface area contributed by atoms with E-state index in [1.807, 2.05) is 0 Å².